The van der Waals surface area contributed by atoms with Crippen molar-refractivity contribution in [2.24, 2.45) is 0 Å². The molecule has 0 unspecified atom stereocenters. The van der Waals surface area contributed by atoms with Crippen LogP contribution in [0.2, 0.25) is 0 Å². The molecule has 0 aliphatic carbocycles. The van der Waals surface area contributed by atoms with Crippen molar-refractivity contribution in [3.05, 3.63) is 23.8 Å². The molecule has 0 fully saturated rings. The number of benzene rings is 1. The number of hydrogen-bond acceptors (Lipinski definition) is 3. The molecule has 0 aromatic heterocycles. The largest absolute Gasteiger partial charge is 0.493 e. The van der Waals surface area contributed by atoms with Crippen molar-refractivity contribution in [2.45, 2.75) is 65.4 Å². The van der Waals surface area contributed by atoms with Gasteiger partial charge in [-0.3, -0.25) is 0 Å². The lowest BCUT2D eigenvalue weighted by atomic mass is 10.1. The third-order valence-corrected chi connectivity index (χ3v) is 3.45. The monoisotopic (exact) mass is 293 g/mol. The van der Waals surface area contributed by atoms with E-state index in [4.69, 9.17) is 15.2 Å². The van der Waals surface area contributed by atoms with Gasteiger partial charge < -0.3 is 15.2 Å². The number of rotatable bonds is 12. The highest BCUT2D eigenvalue weighted by molar-refractivity contribution is 5.47. The summed E-state index contributed by atoms with van der Waals surface area (Å²) >= 11 is 0. The molecule has 0 bridgehead atoms. The number of nitrogen functional groups attached to an aromatic ring is 1. The maximum Gasteiger partial charge on any atom is 0.124 e. The minimum absolute atomic E-state index is 0.574. The van der Waals surface area contributed by atoms with Gasteiger partial charge in [0.25, 0.3) is 0 Å². The third-order valence-electron chi connectivity index (χ3n) is 3.45. The van der Waals surface area contributed by atoms with Crippen LogP contribution in [-0.4, -0.2) is 13.2 Å². The second-order valence-corrected chi connectivity index (χ2v) is 5.54. The van der Waals surface area contributed by atoms with Gasteiger partial charge in [-0.25, -0.2) is 0 Å². The van der Waals surface area contributed by atoms with Gasteiger partial charge in [-0.05, 0) is 31.0 Å². The van der Waals surface area contributed by atoms with E-state index in [-0.39, 0.29) is 0 Å². The molecule has 0 saturated heterocycles. The van der Waals surface area contributed by atoms with Crippen LogP contribution in [0, 0.1) is 0 Å². The summed E-state index contributed by atoms with van der Waals surface area (Å²) in [6.45, 7) is 6.47. The third kappa shape index (κ3) is 7.96. The zero-order valence-corrected chi connectivity index (χ0v) is 13.7. The van der Waals surface area contributed by atoms with E-state index in [2.05, 4.69) is 13.8 Å². The van der Waals surface area contributed by atoms with Crippen LogP contribution in [0.1, 0.15) is 64.4 Å². The van der Waals surface area contributed by atoms with Gasteiger partial charge in [0.05, 0.1) is 13.2 Å². The van der Waals surface area contributed by atoms with Gasteiger partial charge in [0.1, 0.15) is 5.75 Å². The highest BCUT2D eigenvalue weighted by atomic mass is 16.5. The Morgan fingerprint density at radius 3 is 2.43 bits per heavy atom. The molecule has 21 heavy (non-hydrogen) atoms. The zero-order valence-electron chi connectivity index (χ0n) is 13.7. The van der Waals surface area contributed by atoms with Crippen LogP contribution in [0.5, 0.6) is 5.75 Å². The molecule has 0 radical (unpaired) electrons. The molecule has 1 aromatic carbocycles. The second-order valence-electron chi connectivity index (χ2n) is 5.54. The standard InChI is InChI=1S/C18H31NO2/c1-3-5-6-7-8-9-13-21-18-11-10-17(19)14-16(18)15-20-12-4-2/h10-11,14H,3-9,12-13,15,19H2,1-2H3. The van der Waals surface area contributed by atoms with Crippen LogP contribution in [-0.2, 0) is 11.3 Å². The number of unbranched alkanes of at least 4 members (excludes halogenated alkanes) is 5. The maximum atomic E-state index is 5.89. The van der Waals surface area contributed by atoms with Crippen molar-refractivity contribution < 1.29 is 9.47 Å². The van der Waals surface area contributed by atoms with Crippen molar-refractivity contribution in [1.82, 2.24) is 0 Å². The van der Waals surface area contributed by atoms with Gasteiger partial charge in [0.2, 0.25) is 0 Å². The average Bonchev–Trinajstić information content (AvgIpc) is 2.48. The molecule has 120 valence electrons. The number of anilines is 1. The number of nitrogens with two attached hydrogens (primary N) is 1. The van der Waals surface area contributed by atoms with E-state index in [1.807, 2.05) is 18.2 Å². The Bertz CT molecular complexity index is 379. The average molecular weight is 293 g/mol. The predicted octanol–water partition coefficient (Wildman–Crippen LogP) is 4.93. The summed E-state index contributed by atoms with van der Waals surface area (Å²) in [5, 5.41) is 0. The molecular weight excluding hydrogens is 262 g/mol. The summed E-state index contributed by atoms with van der Waals surface area (Å²) < 4.78 is 11.5. The molecule has 0 saturated carbocycles. The fourth-order valence-electron chi connectivity index (χ4n) is 2.24. The van der Waals surface area contributed by atoms with Gasteiger partial charge >= 0.3 is 0 Å². The lowest BCUT2D eigenvalue weighted by Crippen LogP contribution is -2.03. The SMILES string of the molecule is CCCCCCCCOc1ccc(N)cc1COCCC. The van der Waals surface area contributed by atoms with Crippen molar-refractivity contribution >= 4 is 5.69 Å². The summed E-state index contributed by atoms with van der Waals surface area (Å²) in [6, 6.07) is 5.79. The Morgan fingerprint density at radius 1 is 0.905 bits per heavy atom. The van der Waals surface area contributed by atoms with E-state index in [1.54, 1.807) is 0 Å². The van der Waals surface area contributed by atoms with Crippen molar-refractivity contribution in [1.29, 1.82) is 0 Å². The Morgan fingerprint density at radius 2 is 1.67 bits per heavy atom. The molecule has 0 atom stereocenters. The normalized spacial score (nSPS) is 10.8. The van der Waals surface area contributed by atoms with Crippen LogP contribution in [0.4, 0.5) is 5.69 Å². The summed E-state index contributed by atoms with van der Waals surface area (Å²) in [5.41, 5.74) is 7.65. The lowest BCUT2D eigenvalue weighted by molar-refractivity contribution is 0.119. The first-order valence-corrected chi connectivity index (χ1v) is 8.36. The topological polar surface area (TPSA) is 44.5 Å². The quantitative estimate of drug-likeness (QED) is 0.439. The van der Waals surface area contributed by atoms with Gasteiger partial charge in [0.15, 0.2) is 0 Å². The summed E-state index contributed by atoms with van der Waals surface area (Å²) in [7, 11) is 0. The van der Waals surface area contributed by atoms with E-state index in [0.717, 1.165) is 43.1 Å². The van der Waals surface area contributed by atoms with E-state index >= 15 is 0 Å². The highest BCUT2D eigenvalue weighted by Gasteiger charge is 2.05. The Hall–Kier alpha value is -1.22. The van der Waals surface area contributed by atoms with Crippen LogP contribution >= 0.6 is 0 Å². The fourth-order valence-corrected chi connectivity index (χ4v) is 2.24. The van der Waals surface area contributed by atoms with Crippen molar-refractivity contribution in [2.75, 3.05) is 18.9 Å². The van der Waals surface area contributed by atoms with Crippen molar-refractivity contribution in [3.63, 3.8) is 0 Å². The summed E-state index contributed by atoms with van der Waals surface area (Å²) in [5.74, 6) is 0.911. The molecule has 0 heterocycles. The molecule has 0 aliphatic heterocycles. The number of hydrogen-bond donors (Lipinski definition) is 1. The van der Waals surface area contributed by atoms with Gasteiger partial charge in [-0.2, -0.15) is 0 Å². The Labute approximate surface area is 129 Å². The molecule has 2 N–H and O–H groups in total. The summed E-state index contributed by atoms with van der Waals surface area (Å²) in [6.07, 6.45) is 8.68. The maximum absolute atomic E-state index is 5.89. The van der Waals surface area contributed by atoms with Crippen LogP contribution < -0.4 is 10.5 Å². The second kappa shape index (κ2) is 11.4. The Kier molecular flexibility index (Phi) is 9.71. The smallest absolute Gasteiger partial charge is 0.124 e. The minimum atomic E-state index is 0.574. The predicted molar refractivity (Wildman–Crippen MR) is 89.7 cm³/mol. The minimum Gasteiger partial charge on any atom is -0.493 e. The number of ether oxygens (including phenoxy) is 2. The van der Waals surface area contributed by atoms with Crippen LogP contribution in [0.15, 0.2) is 18.2 Å². The van der Waals surface area contributed by atoms with E-state index in [9.17, 15) is 0 Å². The molecule has 1 rings (SSSR count). The molecule has 0 spiro atoms. The molecule has 0 aliphatic rings. The highest BCUT2D eigenvalue weighted by Crippen LogP contribution is 2.23. The van der Waals surface area contributed by atoms with Crippen LogP contribution in [0.25, 0.3) is 0 Å². The first-order valence-electron chi connectivity index (χ1n) is 8.36. The van der Waals surface area contributed by atoms with Crippen molar-refractivity contribution in [3.8, 4) is 5.75 Å². The summed E-state index contributed by atoms with van der Waals surface area (Å²) in [4.78, 5) is 0. The van der Waals surface area contributed by atoms with E-state index in [0.29, 0.717) is 6.61 Å². The van der Waals surface area contributed by atoms with Crippen LogP contribution in [0.3, 0.4) is 0 Å². The molecule has 0 amide bonds. The van der Waals surface area contributed by atoms with Gasteiger partial charge in [-0.15, -0.1) is 0 Å². The molecular formula is C18H31NO2. The lowest BCUT2D eigenvalue weighted by Gasteiger charge is -2.12. The molecule has 3 nitrogen and oxygen atoms in total. The first kappa shape index (κ1) is 17.8. The van der Waals surface area contributed by atoms with Gasteiger partial charge in [0, 0.05) is 17.9 Å². The first-order chi connectivity index (χ1) is 10.3. The Balaban J connectivity index is 2.32. The van der Waals surface area contributed by atoms with E-state index < -0.39 is 0 Å². The fraction of sp³-hybridized carbons (Fsp3) is 0.667. The zero-order chi connectivity index (χ0) is 15.3. The van der Waals surface area contributed by atoms with E-state index in [1.165, 1.54) is 32.1 Å². The molecule has 3 heteroatoms. The molecule has 1 aromatic rings. The van der Waals surface area contributed by atoms with Gasteiger partial charge in [-0.1, -0.05) is 46.0 Å².